The third-order valence-corrected chi connectivity index (χ3v) is 4.88. The highest BCUT2D eigenvalue weighted by Gasteiger charge is 2.25. The Morgan fingerprint density at radius 2 is 2.07 bits per heavy atom. The largest absolute Gasteiger partial charge is 0.497 e. The van der Waals surface area contributed by atoms with Gasteiger partial charge in [0.05, 0.1) is 24.9 Å². The van der Waals surface area contributed by atoms with Gasteiger partial charge in [-0.3, -0.25) is 14.8 Å². The fourth-order valence-electron chi connectivity index (χ4n) is 3.43. The minimum atomic E-state index is -0.277. The number of benzene rings is 2. The van der Waals surface area contributed by atoms with Gasteiger partial charge in [-0.2, -0.15) is 5.10 Å². The maximum atomic E-state index is 13.3. The van der Waals surface area contributed by atoms with Gasteiger partial charge >= 0.3 is 0 Å². The number of methoxy groups -OCH3 is 1. The number of nitrogens with zero attached hydrogens (tertiary/aromatic N) is 3. The van der Waals surface area contributed by atoms with Gasteiger partial charge in [0.2, 0.25) is 5.91 Å². The highest BCUT2D eigenvalue weighted by atomic mass is 19.1. The first-order valence-corrected chi connectivity index (χ1v) is 8.88. The van der Waals surface area contributed by atoms with E-state index in [1.54, 1.807) is 18.1 Å². The SMILES string of the molecule is COc1ccc2c(CN3CCN(Cc4cccc(F)c4)C(=O)C3)[nH]nc2c1. The molecule has 0 radical (unpaired) electrons. The Balaban J connectivity index is 1.40. The van der Waals surface area contributed by atoms with Crippen LogP contribution in [-0.2, 0) is 17.9 Å². The average Bonchev–Trinajstić information content (AvgIpc) is 3.06. The lowest BCUT2D eigenvalue weighted by Gasteiger charge is -2.34. The third kappa shape index (κ3) is 3.78. The summed E-state index contributed by atoms with van der Waals surface area (Å²) in [5, 5.41) is 8.43. The van der Waals surface area contributed by atoms with Gasteiger partial charge in [-0.15, -0.1) is 0 Å². The standard InChI is InChI=1S/C20H21FN4O2/c1-27-16-5-6-17-18(10-16)22-23-19(17)12-24-7-8-25(20(26)13-24)11-14-3-2-4-15(21)9-14/h2-6,9-10H,7-8,11-13H2,1H3,(H,22,23). The zero-order valence-electron chi connectivity index (χ0n) is 15.1. The molecule has 1 aromatic heterocycles. The minimum absolute atomic E-state index is 0.0519. The molecule has 7 heteroatoms. The van der Waals surface area contributed by atoms with Crippen molar-refractivity contribution in [2.24, 2.45) is 0 Å². The van der Waals surface area contributed by atoms with E-state index in [0.29, 0.717) is 26.2 Å². The van der Waals surface area contributed by atoms with Gasteiger partial charge in [-0.1, -0.05) is 12.1 Å². The van der Waals surface area contributed by atoms with Gasteiger partial charge in [0.15, 0.2) is 0 Å². The zero-order chi connectivity index (χ0) is 18.8. The number of piperazine rings is 1. The van der Waals surface area contributed by atoms with Crippen LogP contribution in [0.3, 0.4) is 0 Å². The Hall–Kier alpha value is -2.93. The van der Waals surface area contributed by atoms with Gasteiger partial charge in [0.25, 0.3) is 0 Å². The lowest BCUT2D eigenvalue weighted by Crippen LogP contribution is -2.49. The Labute approximate surface area is 156 Å². The van der Waals surface area contributed by atoms with Crippen LogP contribution in [0.2, 0.25) is 0 Å². The van der Waals surface area contributed by atoms with Crippen molar-refractivity contribution in [2.75, 3.05) is 26.7 Å². The molecule has 0 spiro atoms. The van der Waals surface area contributed by atoms with Crippen LogP contribution in [-0.4, -0.2) is 52.6 Å². The second-order valence-corrected chi connectivity index (χ2v) is 6.74. The van der Waals surface area contributed by atoms with E-state index >= 15 is 0 Å². The van der Waals surface area contributed by atoms with Crippen molar-refractivity contribution in [3.05, 3.63) is 59.5 Å². The van der Waals surface area contributed by atoms with Crippen LogP contribution in [0.1, 0.15) is 11.3 Å². The molecular weight excluding hydrogens is 347 g/mol. The lowest BCUT2D eigenvalue weighted by molar-refractivity contribution is -0.136. The average molecular weight is 368 g/mol. The molecular formula is C20H21FN4O2. The van der Waals surface area contributed by atoms with Crippen LogP contribution >= 0.6 is 0 Å². The fourth-order valence-corrected chi connectivity index (χ4v) is 3.43. The van der Waals surface area contributed by atoms with E-state index < -0.39 is 0 Å². The molecule has 27 heavy (non-hydrogen) atoms. The summed E-state index contributed by atoms with van der Waals surface area (Å²) in [6, 6.07) is 12.2. The van der Waals surface area contributed by atoms with Crippen LogP contribution in [0.4, 0.5) is 4.39 Å². The number of carbonyl (C=O) groups excluding carboxylic acids is 1. The predicted molar refractivity (Wildman–Crippen MR) is 99.7 cm³/mol. The number of carbonyl (C=O) groups is 1. The molecule has 1 fully saturated rings. The Morgan fingerprint density at radius 1 is 1.19 bits per heavy atom. The quantitative estimate of drug-likeness (QED) is 0.752. The normalized spacial score (nSPS) is 15.5. The first-order valence-electron chi connectivity index (χ1n) is 8.88. The Bertz CT molecular complexity index is 972. The maximum absolute atomic E-state index is 13.3. The fraction of sp³-hybridized carbons (Fsp3) is 0.300. The van der Waals surface area contributed by atoms with Crippen LogP contribution in [0.25, 0.3) is 10.9 Å². The van der Waals surface area contributed by atoms with E-state index in [4.69, 9.17) is 4.74 Å². The second-order valence-electron chi connectivity index (χ2n) is 6.74. The first kappa shape index (κ1) is 17.5. The lowest BCUT2D eigenvalue weighted by atomic mass is 10.1. The molecule has 2 aromatic carbocycles. The molecule has 1 saturated heterocycles. The molecule has 1 amide bonds. The summed E-state index contributed by atoms with van der Waals surface area (Å²) in [7, 11) is 1.63. The molecule has 4 rings (SSSR count). The molecule has 1 aliphatic heterocycles. The number of halogens is 1. The van der Waals surface area contributed by atoms with Crippen molar-refractivity contribution < 1.29 is 13.9 Å². The number of rotatable bonds is 5. The number of amides is 1. The third-order valence-electron chi connectivity index (χ3n) is 4.88. The van der Waals surface area contributed by atoms with Crippen LogP contribution in [0.5, 0.6) is 5.75 Å². The summed E-state index contributed by atoms with van der Waals surface area (Å²) in [6.45, 7) is 2.79. The molecule has 2 heterocycles. The van der Waals surface area contributed by atoms with Gasteiger partial charge in [-0.25, -0.2) is 4.39 Å². The summed E-state index contributed by atoms with van der Waals surface area (Å²) in [5.41, 5.74) is 2.64. The number of nitrogens with one attached hydrogen (secondary N) is 1. The van der Waals surface area contributed by atoms with Crippen molar-refractivity contribution in [3.63, 3.8) is 0 Å². The van der Waals surface area contributed by atoms with Gasteiger partial charge in [-0.05, 0) is 29.8 Å². The smallest absolute Gasteiger partial charge is 0.237 e. The predicted octanol–water partition coefficient (Wildman–Crippen LogP) is 2.56. The summed E-state index contributed by atoms with van der Waals surface area (Å²) < 4.78 is 18.6. The summed E-state index contributed by atoms with van der Waals surface area (Å²) in [5.74, 6) is 0.541. The molecule has 6 nitrogen and oxygen atoms in total. The van der Waals surface area contributed by atoms with Crippen LogP contribution < -0.4 is 4.74 Å². The van der Waals surface area contributed by atoms with Crippen LogP contribution in [0.15, 0.2) is 42.5 Å². The summed E-state index contributed by atoms with van der Waals surface area (Å²) in [6.07, 6.45) is 0. The molecule has 0 atom stereocenters. The monoisotopic (exact) mass is 368 g/mol. The molecule has 0 bridgehead atoms. The van der Waals surface area contributed by atoms with Gasteiger partial charge in [0, 0.05) is 37.6 Å². The maximum Gasteiger partial charge on any atom is 0.237 e. The number of aromatic nitrogens is 2. The number of hydrogen-bond donors (Lipinski definition) is 1. The van der Waals surface area contributed by atoms with Crippen molar-refractivity contribution in [1.82, 2.24) is 20.0 Å². The number of aromatic amines is 1. The number of H-pyrrole nitrogens is 1. The van der Waals surface area contributed by atoms with Crippen LogP contribution in [0, 0.1) is 5.82 Å². The van der Waals surface area contributed by atoms with E-state index in [2.05, 4.69) is 15.1 Å². The molecule has 0 unspecified atom stereocenters. The molecule has 0 saturated carbocycles. The topological polar surface area (TPSA) is 61.5 Å². The minimum Gasteiger partial charge on any atom is -0.497 e. The second kappa shape index (κ2) is 7.36. The first-order chi connectivity index (χ1) is 13.1. The molecule has 1 aliphatic rings. The Kier molecular flexibility index (Phi) is 4.77. The Morgan fingerprint density at radius 3 is 2.85 bits per heavy atom. The molecule has 1 N–H and O–H groups in total. The van der Waals surface area contributed by atoms with E-state index in [0.717, 1.165) is 34.5 Å². The van der Waals surface area contributed by atoms with Crippen molar-refractivity contribution in [1.29, 1.82) is 0 Å². The number of hydrogen-bond acceptors (Lipinski definition) is 4. The van der Waals surface area contributed by atoms with Gasteiger partial charge < -0.3 is 9.64 Å². The number of ether oxygens (including phenoxy) is 1. The summed E-state index contributed by atoms with van der Waals surface area (Å²) >= 11 is 0. The highest BCUT2D eigenvalue weighted by Crippen LogP contribution is 2.23. The van der Waals surface area contributed by atoms with E-state index in [1.165, 1.54) is 12.1 Å². The van der Waals surface area contributed by atoms with Crippen molar-refractivity contribution in [2.45, 2.75) is 13.1 Å². The van der Waals surface area contributed by atoms with E-state index in [1.807, 2.05) is 24.3 Å². The highest BCUT2D eigenvalue weighted by molar-refractivity contribution is 5.83. The molecule has 0 aliphatic carbocycles. The van der Waals surface area contributed by atoms with Crippen molar-refractivity contribution in [3.8, 4) is 5.75 Å². The van der Waals surface area contributed by atoms with E-state index in [-0.39, 0.29) is 11.7 Å². The van der Waals surface area contributed by atoms with Crippen molar-refractivity contribution >= 4 is 16.8 Å². The molecule has 140 valence electrons. The number of fused-ring (bicyclic) bond motifs is 1. The molecule has 3 aromatic rings. The zero-order valence-corrected chi connectivity index (χ0v) is 15.1. The summed E-state index contributed by atoms with van der Waals surface area (Å²) in [4.78, 5) is 16.4. The van der Waals surface area contributed by atoms with E-state index in [9.17, 15) is 9.18 Å². The van der Waals surface area contributed by atoms with Gasteiger partial charge in [0.1, 0.15) is 11.6 Å².